The average Bonchev–Trinajstić information content (AvgIpc) is 2.68. The number of phenols is 2. The summed E-state index contributed by atoms with van der Waals surface area (Å²) < 4.78 is 0. The minimum atomic E-state index is -0.553. The molecule has 3 N–H and O–H groups in total. The third-order valence-corrected chi connectivity index (χ3v) is 7.07. The number of rotatable bonds is 14. The molecule has 0 aliphatic rings. The first-order chi connectivity index (χ1) is 14.7. The molecule has 1 rings (SSSR count). The summed E-state index contributed by atoms with van der Waals surface area (Å²) in [5.74, 6) is 0.695. The average molecular weight is 447 g/mol. The van der Waals surface area contributed by atoms with E-state index in [-0.39, 0.29) is 0 Å². The molecule has 0 radical (unpaired) electrons. The highest BCUT2D eigenvalue weighted by atomic mass is 16.3. The number of aromatic hydroxyl groups is 2. The van der Waals surface area contributed by atoms with Gasteiger partial charge in [0.15, 0.2) is 0 Å². The van der Waals surface area contributed by atoms with Gasteiger partial charge in [-0.05, 0) is 115 Å². The summed E-state index contributed by atoms with van der Waals surface area (Å²) in [5.41, 5.74) is 4.57. The molecule has 1 aromatic rings. The molecular formula is C29H50O3. The Labute approximate surface area is 198 Å². The van der Waals surface area contributed by atoms with Gasteiger partial charge in [0.25, 0.3) is 0 Å². The Morgan fingerprint density at radius 1 is 0.750 bits per heavy atom. The number of hydrogen-bond acceptors (Lipinski definition) is 3. The van der Waals surface area contributed by atoms with Crippen LogP contribution in [0.15, 0.2) is 11.6 Å². The molecule has 0 fully saturated rings. The van der Waals surface area contributed by atoms with Crippen LogP contribution < -0.4 is 0 Å². The molecule has 0 bridgehead atoms. The number of benzene rings is 1. The second-order valence-corrected chi connectivity index (χ2v) is 11.4. The number of unbranched alkanes of at least 4 members (excludes halogenated alkanes) is 3. The van der Waals surface area contributed by atoms with Gasteiger partial charge in [-0.15, -0.1) is 0 Å². The lowest BCUT2D eigenvalue weighted by atomic mass is 9.82. The lowest BCUT2D eigenvalue weighted by Gasteiger charge is -2.24. The highest BCUT2D eigenvalue weighted by Gasteiger charge is 2.18. The molecule has 0 unspecified atom stereocenters. The van der Waals surface area contributed by atoms with Gasteiger partial charge in [0.2, 0.25) is 0 Å². The second-order valence-electron chi connectivity index (χ2n) is 11.4. The third kappa shape index (κ3) is 9.98. The Hall–Kier alpha value is -1.48. The Kier molecular flexibility index (Phi) is 11.3. The monoisotopic (exact) mass is 446 g/mol. The van der Waals surface area contributed by atoms with Gasteiger partial charge in [0.1, 0.15) is 11.5 Å². The van der Waals surface area contributed by atoms with E-state index < -0.39 is 5.60 Å². The van der Waals surface area contributed by atoms with Gasteiger partial charge in [0.05, 0.1) is 5.60 Å². The van der Waals surface area contributed by atoms with E-state index in [1.165, 1.54) is 31.3 Å². The summed E-state index contributed by atoms with van der Waals surface area (Å²) in [6.45, 7) is 16.4. The smallest absolute Gasteiger partial charge is 0.122 e. The molecule has 3 nitrogen and oxygen atoms in total. The predicted molar refractivity (Wildman–Crippen MR) is 138 cm³/mol. The fraction of sp³-hybridized carbons (Fsp3) is 0.724. The zero-order chi connectivity index (χ0) is 24.5. The summed E-state index contributed by atoms with van der Waals surface area (Å²) in [5, 5.41) is 30.6. The first-order valence-electron chi connectivity index (χ1n) is 12.6. The maximum Gasteiger partial charge on any atom is 0.122 e. The van der Waals surface area contributed by atoms with Crippen molar-refractivity contribution in [1.29, 1.82) is 0 Å². The van der Waals surface area contributed by atoms with E-state index in [2.05, 4.69) is 26.8 Å². The lowest BCUT2D eigenvalue weighted by Crippen LogP contribution is -2.17. The minimum Gasteiger partial charge on any atom is -0.507 e. The van der Waals surface area contributed by atoms with Crippen LogP contribution in [0.25, 0.3) is 0 Å². The van der Waals surface area contributed by atoms with Crippen molar-refractivity contribution in [2.45, 2.75) is 132 Å². The Bertz CT molecular complexity index is 722. The van der Waals surface area contributed by atoms with Crippen LogP contribution in [0.2, 0.25) is 0 Å². The van der Waals surface area contributed by atoms with Gasteiger partial charge in [0, 0.05) is 5.56 Å². The van der Waals surface area contributed by atoms with Crippen LogP contribution in [0.3, 0.4) is 0 Å². The maximum absolute atomic E-state index is 10.5. The zero-order valence-electron chi connectivity index (χ0n) is 22.2. The fourth-order valence-electron chi connectivity index (χ4n) is 4.48. The van der Waals surface area contributed by atoms with Crippen molar-refractivity contribution in [3.63, 3.8) is 0 Å². The van der Waals surface area contributed by atoms with Gasteiger partial charge in [-0.1, -0.05) is 44.8 Å². The van der Waals surface area contributed by atoms with Gasteiger partial charge in [-0.25, -0.2) is 0 Å². The molecule has 0 atom stereocenters. The van der Waals surface area contributed by atoms with Gasteiger partial charge in [-0.2, -0.15) is 0 Å². The fourth-order valence-corrected chi connectivity index (χ4v) is 4.48. The van der Waals surface area contributed by atoms with Crippen LogP contribution in [0.1, 0.15) is 121 Å². The zero-order valence-corrected chi connectivity index (χ0v) is 22.2. The van der Waals surface area contributed by atoms with Crippen LogP contribution in [0, 0.1) is 26.2 Å². The van der Waals surface area contributed by atoms with Gasteiger partial charge >= 0.3 is 0 Å². The van der Waals surface area contributed by atoms with E-state index >= 15 is 0 Å². The molecule has 0 saturated carbocycles. The van der Waals surface area contributed by atoms with Crippen LogP contribution in [-0.2, 0) is 6.42 Å². The van der Waals surface area contributed by atoms with E-state index in [0.717, 1.165) is 67.2 Å². The highest BCUT2D eigenvalue weighted by Crippen LogP contribution is 2.37. The number of aliphatic hydroxyl groups is 1. The summed E-state index contributed by atoms with van der Waals surface area (Å²) >= 11 is 0. The number of allylic oxidation sites excluding steroid dienone is 2. The van der Waals surface area contributed by atoms with E-state index in [1.807, 2.05) is 34.6 Å². The van der Waals surface area contributed by atoms with Crippen molar-refractivity contribution in [2.24, 2.45) is 5.41 Å². The summed E-state index contributed by atoms with van der Waals surface area (Å²) in [4.78, 5) is 0. The van der Waals surface area contributed by atoms with Crippen molar-refractivity contribution in [2.75, 3.05) is 0 Å². The predicted octanol–water partition coefficient (Wildman–Crippen LogP) is 8.21. The SMILES string of the molecule is C/C(=C\CCC(C)(C)CCCCCCc1c(C)c(O)c(C)c(C)c1O)CCCC(C)(C)O. The van der Waals surface area contributed by atoms with Crippen LogP contribution >= 0.6 is 0 Å². The van der Waals surface area contributed by atoms with Crippen molar-refractivity contribution in [1.82, 2.24) is 0 Å². The first kappa shape index (κ1) is 28.6. The van der Waals surface area contributed by atoms with Crippen molar-refractivity contribution in [3.05, 3.63) is 33.9 Å². The standard InChI is InChI=1S/C29H50O3/c1-21(16-14-20-29(7,8)32)15-13-19-28(5,6)18-12-10-9-11-17-25-24(4)26(30)22(2)23(3)27(25)31/h15,30-32H,9-14,16-20H2,1-8H3/b21-15+. The molecule has 0 heterocycles. The van der Waals surface area contributed by atoms with Crippen molar-refractivity contribution >= 4 is 0 Å². The molecule has 0 amide bonds. The Balaban J connectivity index is 2.31. The van der Waals surface area contributed by atoms with Gasteiger partial charge < -0.3 is 15.3 Å². The normalized spacial score (nSPS) is 13.1. The Morgan fingerprint density at radius 2 is 1.34 bits per heavy atom. The number of phenolic OH excluding ortho intramolecular Hbond substituents is 2. The minimum absolute atomic E-state index is 0.332. The maximum atomic E-state index is 10.5. The van der Waals surface area contributed by atoms with Crippen LogP contribution in [0.4, 0.5) is 0 Å². The molecule has 32 heavy (non-hydrogen) atoms. The van der Waals surface area contributed by atoms with E-state index in [4.69, 9.17) is 0 Å². The first-order valence-corrected chi connectivity index (χ1v) is 12.6. The highest BCUT2D eigenvalue weighted by molar-refractivity contribution is 5.56. The Morgan fingerprint density at radius 3 is 1.97 bits per heavy atom. The molecule has 184 valence electrons. The van der Waals surface area contributed by atoms with E-state index in [1.54, 1.807) is 0 Å². The molecule has 0 aliphatic carbocycles. The third-order valence-electron chi connectivity index (χ3n) is 7.07. The van der Waals surface area contributed by atoms with Crippen molar-refractivity contribution < 1.29 is 15.3 Å². The van der Waals surface area contributed by atoms with E-state index in [9.17, 15) is 15.3 Å². The molecule has 1 aromatic carbocycles. The molecule has 3 heteroatoms. The topological polar surface area (TPSA) is 60.7 Å². The van der Waals surface area contributed by atoms with E-state index in [0.29, 0.717) is 16.9 Å². The molecular weight excluding hydrogens is 396 g/mol. The molecule has 0 aromatic heterocycles. The number of hydrogen-bond donors (Lipinski definition) is 3. The molecule has 0 aliphatic heterocycles. The second kappa shape index (κ2) is 12.7. The molecule has 0 saturated heterocycles. The largest absolute Gasteiger partial charge is 0.507 e. The summed E-state index contributed by atoms with van der Waals surface area (Å²) in [7, 11) is 0. The quantitative estimate of drug-likeness (QED) is 0.153. The lowest BCUT2D eigenvalue weighted by molar-refractivity contribution is 0.0689. The summed E-state index contributed by atoms with van der Waals surface area (Å²) in [6, 6.07) is 0. The van der Waals surface area contributed by atoms with Crippen molar-refractivity contribution in [3.8, 4) is 11.5 Å². The summed E-state index contributed by atoms with van der Waals surface area (Å²) in [6.07, 6.45) is 14.4. The van der Waals surface area contributed by atoms with Crippen LogP contribution in [0.5, 0.6) is 11.5 Å². The molecule has 0 spiro atoms. The van der Waals surface area contributed by atoms with Gasteiger partial charge in [-0.3, -0.25) is 0 Å². The van der Waals surface area contributed by atoms with Crippen LogP contribution in [-0.4, -0.2) is 20.9 Å².